The van der Waals surface area contributed by atoms with Crippen LogP contribution in [-0.2, 0) is 9.53 Å². The third-order valence-corrected chi connectivity index (χ3v) is 3.03. The summed E-state index contributed by atoms with van der Waals surface area (Å²) in [6.45, 7) is 12.2. The predicted octanol–water partition coefficient (Wildman–Crippen LogP) is 4.94. The van der Waals surface area contributed by atoms with E-state index in [4.69, 9.17) is 4.74 Å². The molecule has 0 saturated heterocycles. The first-order chi connectivity index (χ1) is 9.97. The lowest BCUT2D eigenvalue weighted by Gasteiger charge is -2.14. The summed E-state index contributed by atoms with van der Waals surface area (Å²) in [6.07, 6.45) is 2.59. The molecule has 0 N–H and O–H groups in total. The minimum absolute atomic E-state index is 0.267. The molecule has 0 spiro atoms. The fourth-order valence-electron chi connectivity index (χ4n) is 2.09. The van der Waals surface area contributed by atoms with Gasteiger partial charge in [-0.05, 0) is 50.8 Å². The number of rotatable bonds is 6. The maximum atomic E-state index is 12.3. The van der Waals surface area contributed by atoms with Crippen LogP contribution in [0.15, 0.2) is 59.7 Å². The Hall–Kier alpha value is -2.09. The lowest BCUT2D eigenvalue weighted by Crippen LogP contribution is -2.10. The van der Waals surface area contributed by atoms with E-state index in [9.17, 15) is 4.79 Å². The van der Waals surface area contributed by atoms with Gasteiger partial charge >= 0.3 is 5.97 Å². The summed E-state index contributed by atoms with van der Waals surface area (Å²) < 4.78 is 5.22. The van der Waals surface area contributed by atoms with Crippen molar-refractivity contribution in [1.82, 2.24) is 0 Å². The lowest BCUT2D eigenvalue weighted by atomic mass is 9.92. The van der Waals surface area contributed by atoms with E-state index < -0.39 is 0 Å². The minimum atomic E-state index is -0.267. The van der Waals surface area contributed by atoms with Crippen LogP contribution in [0, 0.1) is 0 Å². The van der Waals surface area contributed by atoms with E-state index in [1.807, 2.05) is 64.1 Å². The van der Waals surface area contributed by atoms with Gasteiger partial charge < -0.3 is 4.74 Å². The smallest absolute Gasteiger partial charge is 0.334 e. The predicted molar refractivity (Wildman–Crippen MR) is 88.9 cm³/mol. The first kappa shape index (κ1) is 17.0. The van der Waals surface area contributed by atoms with Crippen molar-refractivity contribution in [3.8, 4) is 0 Å². The summed E-state index contributed by atoms with van der Waals surface area (Å²) in [6, 6.07) is 9.86. The zero-order chi connectivity index (χ0) is 15.8. The molecule has 1 rings (SSSR count). The molecule has 1 aromatic carbocycles. The summed E-state index contributed by atoms with van der Waals surface area (Å²) in [7, 11) is 0. The first-order valence-electron chi connectivity index (χ1n) is 7.22. The van der Waals surface area contributed by atoms with Gasteiger partial charge in [0, 0.05) is 5.57 Å². The largest absolute Gasteiger partial charge is 0.463 e. The molecule has 0 bridgehead atoms. The van der Waals surface area contributed by atoms with Gasteiger partial charge in [0.1, 0.15) is 0 Å². The molecule has 2 heteroatoms. The van der Waals surface area contributed by atoms with Crippen molar-refractivity contribution >= 4 is 11.5 Å². The number of carbonyl (C=O) groups excluding carboxylic acids is 1. The van der Waals surface area contributed by atoms with Gasteiger partial charge in [-0.3, -0.25) is 0 Å². The number of carbonyl (C=O) groups is 1. The summed E-state index contributed by atoms with van der Waals surface area (Å²) in [5.41, 5.74) is 4.58. The molecule has 0 unspecified atom stereocenters. The van der Waals surface area contributed by atoms with E-state index in [0.29, 0.717) is 18.6 Å². The zero-order valence-electron chi connectivity index (χ0n) is 13.4. The van der Waals surface area contributed by atoms with E-state index in [2.05, 4.69) is 6.58 Å². The maximum absolute atomic E-state index is 12.3. The summed E-state index contributed by atoms with van der Waals surface area (Å²) in [5, 5.41) is 0. The fraction of sp³-hybridized carbons (Fsp3) is 0.316. The molecule has 112 valence electrons. The molecule has 0 aliphatic heterocycles. The third-order valence-electron chi connectivity index (χ3n) is 3.03. The molecule has 0 fully saturated rings. The van der Waals surface area contributed by atoms with Crippen LogP contribution in [0.4, 0.5) is 0 Å². The molecule has 0 saturated carbocycles. The highest BCUT2D eigenvalue weighted by Crippen LogP contribution is 2.28. The monoisotopic (exact) mass is 284 g/mol. The van der Waals surface area contributed by atoms with Crippen molar-refractivity contribution in [2.24, 2.45) is 0 Å². The molecule has 21 heavy (non-hydrogen) atoms. The Bertz CT molecular complexity index is 558. The molecule has 0 radical (unpaired) electrons. The molecule has 1 aromatic rings. The van der Waals surface area contributed by atoms with Gasteiger partial charge in [0.2, 0.25) is 0 Å². The summed E-state index contributed by atoms with van der Waals surface area (Å²) in [5.74, 6) is -0.267. The summed E-state index contributed by atoms with van der Waals surface area (Å²) in [4.78, 5) is 12.3. The average Bonchev–Trinajstić information content (AvgIpc) is 2.43. The molecule has 0 amide bonds. The Morgan fingerprint density at radius 3 is 2.29 bits per heavy atom. The molecular weight excluding hydrogens is 260 g/mol. The topological polar surface area (TPSA) is 26.3 Å². The van der Waals surface area contributed by atoms with Crippen LogP contribution in [0.1, 0.15) is 39.7 Å². The summed E-state index contributed by atoms with van der Waals surface area (Å²) >= 11 is 0. The van der Waals surface area contributed by atoms with E-state index in [-0.39, 0.29) is 5.97 Å². The van der Waals surface area contributed by atoms with Crippen LogP contribution in [0.25, 0.3) is 5.57 Å². The molecule has 0 aromatic heterocycles. The number of allylic oxidation sites excluding steroid dienone is 4. The SMILES string of the molecule is C=C(C)/C(=C(/CC=C(C)C)C(=O)OCC)c1ccccc1. The molecule has 0 heterocycles. The number of hydrogen-bond donors (Lipinski definition) is 0. The molecular formula is C19H24O2. The van der Waals surface area contributed by atoms with Crippen molar-refractivity contribution in [3.63, 3.8) is 0 Å². The second-order valence-corrected chi connectivity index (χ2v) is 5.21. The molecule has 0 atom stereocenters. The van der Waals surface area contributed by atoms with E-state index in [1.165, 1.54) is 5.57 Å². The van der Waals surface area contributed by atoms with Gasteiger partial charge in [0.25, 0.3) is 0 Å². The van der Waals surface area contributed by atoms with Crippen LogP contribution >= 0.6 is 0 Å². The lowest BCUT2D eigenvalue weighted by molar-refractivity contribution is -0.138. The number of esters is 1. The Labute approximate surface area is 127 Å². The Kier molecular flexibility index (Phi) is 6.67. The van der Waals surface area contributed by atoms with Crippen LogP contribution in [-0.4, -0.2) is 12.6 Å². The highest BCUT2D eigenvalue weighted by Gasteiger charge is 2.17. The second kappa shape index (κ2) is 8.25. The van der Waals surface area contributed by atoms with Crippen LogP contribution in [0.3, 0.4) is 0 Å². The highest BCUT2D eigenvalue weighted by molar-refractivity contribution is 6.01. The van der Waals surface area contributed by atoms with Crippen molar-refractivity contribution in [3.05, 3.63) is 65.3 Å². The Morgan fingerprint density at radius 1 is 1.19 bits per heavy atom. The van der Waals surface area contributed by atoms with Crippen molar-refractivity contribution in [2.75, 3.05) is 6.61 Å². The minimum Gasteiger partial charge on any atom is -0.463 e. The number of ether oxygens (including phenoxy) is 1. The standard InChI is InChI=1S/C19H24O2/c1-6-21-19(20)17(13-12-14(2)3)18(15(4)5)16-10-8-7-9-11-16/h7-12H,4,6,13H2,1-3,5H3/b18-17+. The second-order valence-electron chi connectivity index (χ2n) is 5.21. The number of hydrogen-bond acceptors (Lipinski definition) is 2. The van der Waals surface area contributed by atoms with Crippen LogP contribution in [0.2, 0.25) is 0 Å². The van der Waals surface area contributed by atoms with Gasteiger partial charge in [-0.25, -0.2) is 4.79 Å². The van der Waals surface area contributed by atoms with E-state index >= 15 is 0 Å². The van der Waals surface area contributed by atoms with Gasteiger partial charge in [-0.1, -0.05) is 48.6 Å². The third kappa shape index (κ3) is 5.07. The molecule has 0 aliphatic carbocycles. The maximum Gasteiger partial charge on any atom is 0.334 e. The Balaban J connectivity index is 3.41. The number of benzene rings is 1. The van der Waals surface area contributed by atoms with Crippen LogP contribution < -0.4 is 0 Å². The van der Waals surface area contributed by atoms with Gasteiger partial charge in [-0.15, -0.1) is 0 Å². The van der Waals surface area contributed by atoms with Gasteiger partial charge in [-0.2, -0.15) is 0 Å². The average molecular weight is 284 g/mol. The van der Waals surface area contributed by atoms with Crippen molar-refractivity contribution < 1.29 is 9.53 Å². The quantitative estimate of drug-likeness (QED) is 0.320. The highest BCUT2D eigenvalue weighted by atomic mass is 16.5. The Morgan fingerprint density at radius 2 is 1.81 bits per heavy atom. The van der Waals surface area contributed by atoms with Crippen molar-refractivity contribution in [1.29, 1.82) is 0 Å². The zero-order valence-corrected chi connectivity index (χ0v) is 13.4. The molecule has 2 nitrogen and oxygen atoms in total. The van der Waals surface area contributed by atoms with E-state index in [1.54, 1.807) is 0 Å². The molecule has 0 aliphatic rings. The normalized spacial score (nSPS) is 11.4. The van der Waals surface area contributed by atoms with Crippen LogP contribution in [0.5, 0.6) is 0 Å². The van der Waals surface area contributed by atoms with Crippen molar-refractivity contribution in [2.45, 2.75) is 34.1 Å². The first-order valence-corrected chi connectivity index (χ1v) is 7.22. The van der Waals surface area contributed by atoms with E-state index in [0.717, 1.165) is 16.7 Å². The van der Waals surface area contributed by atoms with Gasteiger partial charge in [0.15, 0.2) is 0 Å². The fourth-order valence-corrected chi connectivity index (χ4v) is 2.09. The van der Waals surface area contributed by atoms with Gasteiger partial charge in [0.05, 0.1) is 6.61 Å².